The van der Waals surface area contributed by atoms with E-state index in [1.807, 2.05) is 13.8 Å². The van der Waals surface area contributed by atoms with Crippen LogP contribution in [-0.4, -0.2) is 17.8 Å². The summed E-state index contributed by atoms with van der Waals surface area (Å²) in [6.07, 6.45) is -0.279. The Labute approximate surface area is 111 Å². The third-order valence-electron chi connectivity index (χ3n) is 2.97. The molecular formula is C13H17ClF2O2. The molecule has 1 unspecified atom stereocenters. The zero-order chi connectivity index (χ0) is 13.9. The van der Waals surface area contributed by atoms with Crippen molar-refractivity contribution in [3.05, 3.63) is 34.4 Å². The summed E-state index contributed by atoms with van der Waals surface area (Å²) in [4.78, 5) is 0. The molecule has 0 aliphatic carbocycles. The van der Waals surface area contributed by atoms with Gasteiger partial charge in [-0.2, -0.15) is 0 Å². The molecule has 18 heavy (non-hydrogen) atoms. The second kappa shape index (κ2) is 5.95. The van der Waals surface area contributed by atoms with Crippen LogP contribution in [0.25, 0.3) is 0 Å². The van der Waals surface area contributed by atoms with Crippen LogP contribution in [0.4, 0.5) is 8.78 Å². The van der Waals surface area contributed by atoms with Crippen molar-refractivity contribution in [1.82, 2.24) is 0 Å². The third kappa shape index (κ3) is 3.90. The minimum atomic E-state index is -1.08. The minimum Gasteiger partial charge on any atom is -0.388 e. The number of aliphatic hydroxyl groups excluding tert-OH is 1. The number of methoxy groups -OCH3 is 1. The van der Waals surface area contributed by atoms with Crippen LogP contribution in [0.1, 0.15) is 38.4 Å². The molecule has 1 N–H and O–H groups in total. The molecule has 0 saturated carbocycles. The SMILES string of the molecule is COC(C)(C)CCC(O)c1cc(F)c(Cl)cc1F. The number of rotatable bonds is 5. The van der Waals surface area contributed by atoms with Crippen molar-refractivity contribution in [1.29, 1.82) is 0 Å². The quantitative estimate of drug-likeness (QED) is 0.829. The van der Waals surface area contributed by atoms with E-state index in [9.17, 15) is 13.9 Å². The van der Waals surface area contributed by atoms with E-state index in [0.717, 1.165) is 12.1 Å². The fraction of sp³-hybridized carbons (Fsp3) is 0.538. The minimum absolute atomic E-state index is 0.0798. The molecule has 0 spiro atoms. The second-order valence-corrected chi connectivity index (χ2v) is 5.21. The van der Waals surface area contributed by atoms with Gasteiger partial charge >= 0.3 is 0 Å². The first-order valence-corrected chi connectivity index (χ1v) is 6.02. The molecule has 0 amide bonds. The van der Waals surface area contributed by atoms with Crippen molar-refractivity contribution in [3.63, 3.8) is 0 Å². The van der Waals surface area contributed by atoms with Gasteiger partial charge in [0.2, 0.25) is 0 Å². The molecule has 2 nitrogen and oxygen atoms in total. The molecular weight excluding hydrogens is 262 g/mol. The lowest BCUT2D eigenvalue weighted by Gasteiger charge is -2.24. The van der Waals surface area contributed by atoms with Gasteiger partial charge in [0, 0.05) is 12.7 Å². The Kier molecular flexibility index (Phi) is 5.08. The molecule has 1 aromatic rings. The predicted octanol–water partition coefficient (Wildman–Crippen LogP) is 3.86. The fourth-order valence-corrected chi connectivity index (χ4v) is 1.69. The largest absolute Gasteiger partial charge is 0.388 e. The lowest BCUT2D eigenvalue weighted by Crippen LogP contribution is -2.23. The first-order chi connectivity index (χ1) is 8.26. The average Bonchev–Trinajstić information content (AvgIpc) is 2.31. The van der Waals surface area contributed by atoms with Gasteiger partial charge in [-0.3, -0.25) is 0 Å². The molecule has 0 saturated heterocycles. The summed E-state index contributed by atoms with van der Waals surface area (Å²) < 4.78 is 32.0. The van der Waals surface area contributed by atoms with Crippen LogP contribution in [0.2, 0.25) is 5.02 Å². The van der Waals surface area contributed by atoms with Crippen LogP contribution < -0.4 is 0 Å². The molecule has 0 aliphatic heterocycles. The van der Waals surface area contributed by atoms with Crippen LogP contribution in [0, 0.1) is 11.6 Å². The third-order valence-corrected chi connectivity index (χ3v) is 3.26. The van der Waals surface area contributed by atoms with Crippen molar-refractivity contribution in [2.45, 2.75) is 38.4 Å². The van der Waals surface area contributed by atoms with Crippen molar-refractivity contribution >= 4 is 11.6 Å². The number of halogens is 3. The van der Waals surface area contributed by atoms with Gasteiger partial charge in [0.25, 0.3) is 0 Å². The lowest BCUT2D eigenvalue weighted by atomic mass is 9.96. The first-order valence-electron chi connectivity index (χ1n) is 5.64. The van der Waals surface area contributed by atoms with Crippen LogP contribution >= 0.6 is 11.6 Å². The van der Waals surface area contributed by atoms with Gasteiger partial charge in [0.15, 0.2) is 0 Å². The summed E-state index contributed by atoms with van der Waals surface area (Å²) in [5.41, 5.74) is -0.494. The maximum Gasteiger partial charge on any atom is 0.142 e. The molecule has 1 atom stereocenters. The van der Waals surface area contributed by atoms with E-state index >= 15 is 0 Å². The van der Waals surface area contributed by atoms with Crippen LogP contribution in [0.15, 0.2) is 12.1 Å². The predicted molar refractivity (Wildman–Crippen MR) is 66.6 cm³/mol. The highest BCUT2D eigenvalue weighted by molar-refractivity contribution is 6.30. The van der Waals surface area contributed by atoms with Gasteiger partial charge in [-0.1, -0.05) is 11.6 Å². The van der Waals surface area contributed by atoms with Gasteiger partial charge in [0.1, 0.15) is 11.6 Å². The number of benzene rings is 1. The molecule has 0 radical (unpaired) electrons. The molecule has 102 valence electrons. The number of aliphatic hydroxyl groups is 1. The van der Waals surface area contributed by atoms with Gasteiger partial charge < -0.3 is 9.84 Å². The average molecular weight is 279 g/mol. The number of hydrogen-bond donors (Lipinski definition) is 1. The summed E-state index contributed by atoms with van der Waals surface area (Å²) in [6, 6.07) is 1.80. The van der Waals surface area contributed by atoms with E-state index in [2.05, 4.69) is 0 Å². The maximum absolute atomic E-state index is 13.5. The Bertz CT molecular complexity index is 422. The Morgan fingerprint density at radius 3 is 2.50 bits per heavy atom. The summed E-state index contributed by atoms with van der Waals surface area (Å²) in [5.74, 6) is -1.44. The lowest BCUT2D eigenvalue weighted by molar-refractivity contribution is 0.00245. The Balaban J connectivity index is 2.79. The molecule has 1 rings (SSSR count). The Morgan fingerprint density at radius 2 is 1.94 bits per heavy atom. The van der Waals surface area contributed by atoms with E-state index in [4.69, 9.17) is 16.3 Å². The maximum atomic E-state index is 13.5. The standard InChI is InChI=1S/C13H17ClF2O2/c1-13(2,18-3)5-4-12(17)8-6-11(16)9(14)7-10(8)15/h6-7,12,17H,4-5H2,1-3H3. The first kappa shape index (κ1) is 15.3. The molecule has 5 heteroatoms. The van der Waals surface area contributed by atoms with Crippen molar-refractivity contribution in [2.75, 3.05) is 7.11 Å². The van der Waals surface area contributed by atoms with Gasteiger partial charge in [0.05, 0.1) is 16.7 Å². The fourth-order valence-electron chi connectivity index (χ4n) is 1.54. The molecule has 0 fully saturated rings. The summed E-state index contributed by atoms with van der Waals surface area (Å²) in [6.45, 7) is 3.72. The van der Waals surface area contributed by atoms with E-state index in [0.29, 0.717) is 6.42 Å². The van der Waals surface area contributed by atoms with E-state index < -0.39 is 23.3 Å². The van der Waals surface area contributed by atoms with E-state index in [-0.39, 0.29) is 17.0 Å². The van der Waals surface area contributed by atoms with E-state index in [1.165, 1.54) is 0 Å². The molecule has 0 bridgehead atoms. The van der Waals surface area contributed by atoms with Crippen molar-refractivity contribution in [2.24, 2.45) is 0 Å². The van der Waals surface area contributed by atoms with Gasteiger partial charge in [-0.15, -0.1) is 0 Å². The smallest absolute Gasteiger partial charge is 0.142 e. The molecule has 0 heterocycles. The molecule has 0 aromatic heterocycles. The highest BCUT2D eigenvalue weighted by Gasteiger charge is 2.21. The highest BCUT2D eigenvalue weighted by atomic mass is 35.5. The van der Waals surface area contributed by atoms with Crippen LogP contribution in [0.5, 0.6) is 0 Å². The normalized spacial score (nSPS) is 13.7. The summed E-state index contributed by atoms with van der Waals surface area (Å²) >= 11 is 5.45. The topological polar surface area (TPSA) is 29.5 Å². The van der Waals surface area contributed by atoms with Gasteiger partial charge in [-0.25, -0.2) is 8.78 Å². The Morgan fingerprint density at radius 1 is 1.33 bits per heavy atom. The van der Waals surface area contributed by atoms with Crippen molar-refractivity contribution in [3.8, 4) is 0 Å². The van der Waals surface area contributed by atoms with E-state index in [1.54, 1.807) is 7.11 Å². The molecule has 1 aromatic carbocycles. The Hall–Kier alpha value is -0.710. The van der Waals surface area contributed by atoms with Crippen LogP contribution in [0.3, 0.4) is 0 Å². The molecule has 0 aliphatic rings. The van der Waals surface area contributed by atoms with Gasteiger partial charge in [-0.05, 0) is 38.8 Å². The highest BCUT2D eigenvalue weighted by Crippen LogP contribution is 2.28. The van der Waals surface area contributed by atoms with Crippen molar-refractivity contribution < 1.29 is 18.6 Å². The van der Waals surface area contributed by atoms with Crippen LogP contribution in [-0.2, 0) is 4.74 Å². The number of hydrogen-bond acceptors (Lipinski definition) is 2. The zero-order valence-electron chi connectivity index (χ0n) is 10.6. The second-order valence-electron chi connectivity index (χ2n) is 4.81. The number of ether oxygens (including phenoxy) is 1. The zero-order valence-corrected chi connectivity index (χ0v) is 11.4. The summed E-state index contributed by atoms with van der Waals surface area (Å²) in [5, 5.41) is 9.58. The summed E-state index contributed by atoms with van der Waals surface area (Å²) in [7, 11) is 1.56. The monoisotopic (exact) mass is 278 g/mol.